The van der Waals surface area contributed by atoms with Gasteiger partial charge in [-0.3, -0.25) is 5.84 Å². The molecule has 2 aromatic carbocycles. The second kappa shape index (κ2) is 6.89. The molecule has 0 aromatic heterocycles. The van der Waals surface area contributed by atoms with Crippen LogP contribution in [0.25, 0.3) is 0 Å². The summed E-state index contributed by atoms with van der Waals surface area (Å²) in [6.45, 7) is 3.61. The molecule has 2 unspecified atom stereocenters. The number of hydrogen-bond donors (Lipinski definition) is 2. The van der Waals surface area contributed by atoms with Crippen LogP contribution in [0.4, 0.5) is 4.39 Å². The maximum absolute atomic E-state index is 13.4. The lowest BCUT2D eigenvalue weighted by molar-refractivity contribution is 0.171. The van der Waals surface area contributed by atoms with Crippen molar-refractivity contribution in [2.45, 2.75) is 26.0 Å². The molecule has 0 aliphatic carbocycles. The molecule has 0 spiro atoms. The lowest BCUT2D eigenvalue weighted by atomic mass is 10.0. The van der Waals surface area contributed by atoms with Gasteiger partial charge in [0.25, 0.3) is 0 Å². The molecule has 0 saturated heterocycles. The maximum atomic E-state index is 13.4. The fourth-order valence-electron chi connectivity index (χ4n) is 2.19. The quantitative estimate of drug-likeness (QED) is 0.653. The van der Waals surface area contributed by atoms with Crippen LogP contribution in [0, 0.1) is 12.7 Å². The Morgan fingerprint density at radius 2 is 2.00 bits per heavy atom. The van der Waals surface area contributed by atoms with Crippen molar-refractivity contribution in [3.8, 4) is 5.75 Å². The number of rotatable bonds is 5. The van der Waals surface area contributed by atoms with Gasteiger partial charge in [0.05, 0.1) is 6.04 Å². The zero-order valence-corrected chi connectivity index (χ0v) is 12.7. The number of halogens is 2. The Hall–Kier alpha value is -1.62. The minimum absolute atomic E-state index is 0.238. The first-order chi connectivity index (χ1) is 10.0. The van der Waals surface area contributed by atoms with Crippen molar-refractivity contribution in [3.63, 3.8) is 0 Å². The Bertz CT molecular complexity index is 621. The molecule has 0 aliphatic rings. The second-order valence-corrected chi connectivity index (χ2v) is 5.37. The minimum Gasteiger partial charge on any atom is -0.489 e. The molecule has 5 heteroatoms. The molecule has 21 heavy (non-hydrogen) atoms. The third kappa shape index (κ3) is 3.94. The van der Waals surface area contributed by atoms with Crippen LogP contribution in [-0.4, -0.2) is 6.10 Å². The highest BCUT2D eigenvalue weighted by atomic mass is 35.5. The zero-order valence-electron chi connectivity index (χ0n) is 11.9. The van der Waals surface area contributed by atoms with Gasteiger partial charge in [-0.15, -0.1) is 0 Å². The highest BCUT2D eigenvalue weighted by Gasteiger charge is 2.20. The Balaban J connectivity index is 2.18. The predicted octanol–water partition coefficient (Wildman–Crippen LogP) is 3.76. The largest absolute Gasteiger partial charge is 0.489 e. The number of aryl methyl sites for hydroxylation is 1. The Morgan fingerprint density at radius 3 is 2.62 bits per heavy atom. The summed E-state index contributed by atoms with van der Waals surface area (Å²) in [7, 11) is 0. The van der Waals surface area contributed by atoms with Crippen LogP contribution in [0.3, 0.4) is 0 Å². The van der Waals surface area contributed by atoms with Gasteiger partial charge in [-0.25, -0.2) is 9.82 Å². The number of benzene rings is 2. The van der Waals surface area contributed by atoms with E-state index < -0.39 is 0 Å². The van der Waals surface area contributed by atoms with E-state index in [-0.39, 0.29) is 18.0 Å². The van der Waals surface area contributed by atoms with Gasteiger partial charge in [0.2, 0.25) is 0 Å². The summed E-state index contributed by atoms with van der Waals surface area (Å²) < 4.78 is 19.2. The summed E-state index contributed by atoms with van der Waals surface area (Å²) in [6.07, 6.45) is -0.252. The molecular formula is C16H18ClFN2O. The number of ether oxygens (including phenoxy) is 1. The van der Waals surface area contributed by atoms with Crippen LogP contribution in [0.15, 0.2) is 42.5 Å². The molecule has 2 rings (SSSR count). The molecule has 0 radical (unpaired) electrons. The lowest BCUT2D eigenvalue weighted by Gasteiger charge is -2.25. The SMILES string of the molecule is Cc1cc(C(NN)C(C)Oc2cccc(Cl)c2)ccc1F. The monoisotopic (exact) mass is 308 g/mol. The van der Waals surface area contributed by atoms with Crippen molar-refractivity contribution in [1.82, 2.24) is 5.43 Å². The lowest BCUT2D eigenvalue weighted by Crippen LogP contribution is -2.38. The number of nitrogens with two attached hydrogens (primary N) is 1. The first kappa shape index (κ1) is 15.8. The van der Waals surface area contributed by atoms with Gasteiger partial charge in [0.15, 0.2) is 0 Å². The van der Waals surface area contributed by atoms with Crippen molar-refractivity contribution >= 4 is 11.6 Å². The average Bonchev–Trinajstić information content (AvgIpc) is 2.43. The molecule has 0 saturated carbocycles. The highest BCUT2D eigenvalue weighted by molar-refractivity contribution is 6.30. The van der Waals surface area contributed by atoms with Crippen molar-refractivity contribution in [1.29, 1.82) is 0 Å². The van der Waals surface area contributed by atoms with E-state index in [2.05, 4.69) is 5.43 Å². The zero-order chi connectivity index (χ0) is 15.4. The van der Waals surface area contributed by atoms with Gasteiger partial charge in [-0.1, -0.05) is 29.8 Å². The van der Waals surface area contributed by atoms with E-state index >= 15 is 0 Å². The van der Waals surface area contributed by atoms with E-state index in [4.69, 9.17) is 22.2 Å². The standard InChI is InChI=1S/C16H18ClFN2O/c1-10-8-12(6-7-15(10)18)16(20-19)11(2)21-14-5-3-4-13(17)9-14/h3-9,11,16,20H,19H2,1-2H3. The van der Waals surface area contributed by atoms with E-state index in [9.17, 15) is 4.39 Å². The first-order valence-electron chi connectivity index (χ1n) is 6.65. The molecule has 0 heterocycles. The van der Waals surface area contributed by atoms with Crippen LogP contribution in [-0.2, 0) is 0 Å². The molecule has 112 valence electrons. The number of hydrogen-bond acceptors (Lipinski definition) is 3. The molecule has 0 amide bonds. The first-order valence-corrected chi connectivity index (χ1v) is 7.03. The van der Waals surface area contributed by atoms with Crippen molar-refractivity contribution < 1.29 is 9.13 Å². The summed E-state index contributed by atoms with van der Waals surface area (Å²) >= 11 is 5.93. The van der Waals surface area contributed by atoms with Gasteiger partial charge < -0.3 is 4.74 Å². The molecule has 0 aliphatic heterocycles. The topological polar surface area (TPSA) is 47.3 Å². The van der Waals surface area contributed by atoms with Gasteiger partial charge in [0.1, 0.15) is 17.7 Å². The second-order valence-electron chi connectivity index (χ2n) is 4.93. The summed E-state index contributed by atoms with van der Waals surface area (Å²) in [6, 6.07) is 11.8. The third-order valence-corrected chi connectivity index (χ3v) is 3.54. The predicted molar refractivity (Wildman–Crippen MR) is 82.7 cm³/mol. The van der Waals surface area contributed by atoms with Crippen molar-refractivity contribution in [3.05, 3.63) is 64.4 Å². The molecule has 3 N–H and O–H groups in total. The Labute approximate surface area is 128 Å². The van der Waals surface area contributed by atoms with Crippen molar-refractivity contribution in [2.75, 3.05) is 0 Å². The molecule has 2 atom stereocenters. The van der Waals surface area contributed by atoms with Gasteiger partial charge in [0, 0.05) is 5.02 Å². The van der Waals surface area contributed by atoms with Crippen LogP contribution < -0.4 is 16.0 Å². The molecule has 0 fully saturated rings. The maximum Gasteiger partial charge on any atom is 0.126 e. The molecular weight excluding hydrogens is 291 g/mol. The van der Waals surface area contributed by atoms with E-state index in [0.29, 0.717) is 16.3 Å². The van der Waals surface area contributed by atoms with E-state index in [1.54, 1.807) is 31.2 Å². The normalized spacial score (nSPS) is 13.8. The van der Waals surface area contributed by atoms with Crippen LogP contribution in [0.5, 0.6) is 5.75 Å². The number of hydrazine groups is 1. The minimum atomic E-state index is -0.261. The van der Waals surface area contributed by atoms with Crippen LogP contribution in [0.1, 0.15) is 24.1 Å². The van der Waals surface area contributed by atoms with Gasteiger partial charge >= 0.3 is 0 Å². The summed E-state index contributed by atoms with van der Waals surface area (Å²) in [4.78, 5) is 0. The summed E-state index contributed by atoms with van der Waals surface area (Å²) in [5, 5.41) is 0.606. The Morgan fingerprint density at radius 1 is 1.24 bits per heavy atom. The molecule has 3 nitrogen and oxygen atoms in total. The summed E-state index contributed by atoms with van der Waals surface area (Å²) in [5.41, 5.74) is 4.16. The number of nitrogens with one attached hydrogen (secondary N) is 1. The van der Waals surface area contributed by atoms with E-state index in [1.165, 1.54) is 6.07 Å². The fourth-order valence-corrected chi connectivity index (χ4v) is 2.37. The average molecular weight is 309 g/mol. The highest BCUT2D eigenvalue weighted by Crippen LogP contribution is 2.24. The van der Waals surface area contributed by atoms with E-state index in [0.717, 1.165) is 5.56 Å². The van der Waals surface area contributed by atoms with E-state index in [1.807, 2.05) is 19.1 Å². The molecule has 2 aromatic rings. The van der Waals surface area contributed by atoms with Gasteiger partial charge in [-0.2, -0.15) is 0 Å². The third-order valence-electron chi connectivity index (χ3n) is 3.31. The smallest absolute Gasteiger partial charge is 0.126 e. The fraction of sp³-hybridized carbons (Fsp3) is 0.250. The molecule has 0 bridgehead atoms. The van der Waals surface area contributed by atoms with Crippen LogP contribution in [0.2, 0.25) is 5.02 Å². The Kier molecular flexibility index (Phi) is 5.17. The summed E-state index contributed by atoms with van der Waals surface area (Å²) in [5.74, 6) is 6.05. The van der Waals surface area contributed by atoms with Crippen LogP contribution >= 0.6 is 11.6 Å². The van der Waals surface area contributed by atoms with Gasteiger partial charge in [-0.05, 0) is 49.2 Å². The van der Waals surface area contributed by atoms with Crippen molar-refractivity contribution in [2.24, 2.45) is 5.84 Å².